The molecule has 1 aliphatic heterocycles. The lowest BCUT2D eigenvalue weighted by atomic mass is 9.93. The Morgan fingerprint density at radius 1 is 1.09 bits per heavy atom. The summed E-state index contributed by atoms with van der Waals surface area (Å²) >= 11 is 0. The maximum Gasteiger partial charge on any atom is 0.256 e. The third-order valence-electron chi connectivity index (χ3n) is 4.43. The molecule has 0 saturated carbocycles. The SMILES string of the molecule is CC1C(c2ccccc2)CCN1C(=O)c1ccccc1N.Cl. The number of carbonyl (C=O) groups excluding carboxylic acids is 1. The van der Waals surface area contributed by atoms with E-state index >= 15 is 0 Å². The number of hydrogen-bond acceptors (Lipinski definition) is 2. The maximum atomic E-state index is 12.7. The van der Waals surface area contributed by atoms with Crippen molar-refractivity contribution in [2.75, 3.05) is 12.3 Å². The second-order valence-corrected chi connectivity index (χ2v) is 5.63. The summed E-state index contributed by atoms with van der Waals surface area (Å²) in [5.74, 6) is 0.444. The molecule has 2 aromatic rings. The van der Waals surface area contributed by atoms with Crippen molar-refractivity contribution in [3.05, 3.63) is 65.7 Å². The zero-order chi connectivity index (χ0) is 14.8. The molecule has 4 heteroatoms. The van der Waals surface area contributed by atoms with Crippen LogP contribution in [-0.4, -0.2) is 23.4 Å². The smallest absolute Gasteiger partial charge is 0.256 e. The molecule has 0 spiro atoms. The first-order chi connectivity index (χ1) is 10.2. The van der Waals surface area contributed by atoms with Gasteiger partial charge in [0.2, 0.25) is 0 Å². The highest BCUT2D eigenvalue weighted by atomic mass is 35.5. The molecule has 0 aromatic heterocycles. The third-order valence-corrected chi connectivity index (χ3v) is 4.43. The topological polar surface area (TPSA) is 46.3 Å². The maximum absolute atomic E-state index is 12.7. The zero-order valence-electron chi connectivity index (χ0n) is 12.6. The van der Waals surface area contributed by atoms with Gasteiger partial charge in [-0.15, -0.1) is 12.4 Å². The van der Waals surface area contributed by atoms with Gasteiger partial charge >= 0.3 is 0 Å². The first-order valence-electron chi connectivity index (χ1n) is 7.39. The van der Waals surface area contributed by atoms with Gasteiger partial charge in [0.1, 0.15) is 0 Å². The Morgan fingerprint density at radius 3 is 2.41 bits per heavy atom. The highest BCUT2D eigenvalue weighted by Gasteiger charge is 2.35. The highest BCUT2D eigenvalue weighted by molar-refractivity contribution is 5.99. The lowest BCUT2D eigenvalue weighted by Gasteiger charge is -2.25. The van der Waals surface area contributed by atoms with Crippen LogP contribution in [0.1, 0.15) is 35.2 Å². The molecule has 116 valence electrons. The number of nitrogens with zero attached hydrogens (tertiary/aromatic N) is 1. The summed E-state index contributed by atoms with van der Waals surface area (Å²) in [5, 5.41) is 0. The van der Waals surface area contributed by atoms with E-state index in [1.807, 2.05) is 23.1 Å². The van der Waals surface area contributed by atoms with Gasteiger partial charge in [0, 0.05) is 24.2 Å². The van der Waals surface area contributed by atoms with Crippen LogP contribution in [0.4, 0.5) is 5.69 Å². The lowest BCUT2D eigenvalue weighted by molar-refractivity contribution is 0.0743. The van der Waals surface area contributed by atoms with E-state index in [2.05, 4.69) is 31.2 Å². The number of carbonyl (C=O) groups is 1. The zero-order valence-corrected chi connectivity index (χ0v) is 13.4. The molecule has 0 bridgehead atoms. The fraction of sp³-hybridized carbons (Fsp3) is 0.278. The van der Waals surface area contributed by atoms with Gasteiger partial charge in [0.05, 0.1) is 5.56 Å². The Bertz CT molecular complexity index is 645. The minimum Gasteiger partial charge on any atom is -0.398 e. The van der Waals surface area contributed by atoms with Gasteiger partial charge in [-0.25, -0.2) is 0 Å². The molecule has 2 aromatic carbocycles. The molecule has 1 fully saturated rings. The predicted molar refractivity (Wildman–Crippen MR) is 92.4 cm³/mol. The monoisotopic (exact) mass is 316 g/mol. The van der Waals surface area contributed by atoms with Crippen LogP contribution in [0.15, 0.2) is 54.6 Å². The molecule has 2 N–H and O–H groups in total. The van der Waals surface area contributed by atoms with Crippen LogP contribution in [0.3, 0.4) is 0 Å². The average molecular weight is 317 g/mol. The number of hydrogen-bond donors (Lipinski definition) is 1. The van der Waals surface area contributed by atoms with Crippen molar-refractivity contribution in [3.8, 4) is 0 Å². The first-order valence-corrected chi connectivity index (χ1v) is 7.39. The van der Waals surface area contributed by atoms with Gasteiger partial charge in [-0.2, -0.15) is 0 Å². The van der Waals surface area contributed by atoms with Gasteiger partial charge < -0.3 is 10.6 Å². The molecule has 2 unspecified atom stereocenters. The highest BCUT2D eigenvalue weighted by Crippen LogP contribution is 2.34. The number of rotatable bonds is 2. The summed E-state index contributed by atoms with van der Waals surface area (Å²) in [6, 6.07) is 17.9. The van der Waals surface area contributed by atoms with Gasteiger partial charge in [-0.3, -0.25) is 4.79 Å². The number of halogens is 1. The quantitative estimate of drug-likeness (QED) is 0.859. The number of nitrogens with two attached hydrogens (primary N) is 1. The molecular weight excluding hydrogens is 296 g/mol. The molecule has 1 saturated heterocycles. The van der Waals surface area contributed by atoms with E-state index in [-0.39, 0.29) is 24.4 Å². The Kier molecular flexibility index (Phi) is 5.09. The molecule has 0 aliphatic carbocycles. The Morgan fingerprint density at radius 2 is 1.73 bits per heavy atom. The van der Waals surface area contributed by atoms with Crippen molar-refractivity contribution in [1.82, 2.24) is 4.90 Å². The minimum atomic E-state index is 0. The summed E-state index contributed by atoms with van der Waals surface area (Å²) in [4.78, 5) is 14.6. The second kappa shape index (κ2) is 6.84. The van der Waals surface area contributed by atoms with Crippen molar-refractivity contribution in [1.29, 1.82) is 0 Å². The first kappa shape index (κ1) is 16.4. The molecule has 1 amide bonds. The fourth-order valence-electron chi connectivity index (χ4n) is 3.22. The molecule has 3 rings (SSSR count). The van der Waals surface area contributed by atoms with Gasteiger partial charge in [0.15, 0.2) is 0 Å². The normalized spacial score (nSPS) is 20.5. The number of anilines is 1. The predicted octanol–water partition coefficient (Wildman–Crippen LogP) is 3.71. The van der Waals surface area contributed by atoms with Crippen LogP contribution >= 0.6 is 12.4 Å². The van der Waals surface area contributed by atoms with E-state index in [9.17, 15) is 4.79 Å². The van der Waals surface area contributed by atoms with Gasteiger partial charge in [-0.1, -0.05) is 42.5 Å². The number of para-hydroxylation sites is 1. The van der Waals surface area contributed by atoms with Crippen molar-refractivity contribution in [2.45, 2.75) is 25.3 Å². The fourth-order valence-corrected chi connectivity index (χ4v) is 3.22. The second-order valence-electron chi connectivity index (χ2n) is 5.63. The number of likely N-dealkylation sites (tertiary alicyclic amines) is 1. The summed E-state index contributed by atoms with van der Waals surface area (Å²) in [6.45, 7) is 2.91. The van der Waals surface area contributed by atoms with Crippen molar-refractivity contribution in [2.24, 2.45) is 0 Å². The van der Waals surface area contributed by atoms with E-state index in [1.165, 1.54) is 5.56 Å². The van der Waals surface area contributed by atoms with Crippen molar-refractivity contribution >= 4 is 24.0 Å². The Labute approximate surface area is 137 Å². The van der Waals surface area contributed by atoms with Gasteiger partial charge in [0.25, 0.3) is 5.91 Å². The summed E-state index contributed by atoms with van der Waals surface area (Å²) in [5.41, 5.74) is 8.40. The largest absolute Gasteiger partial charge is 0.398 e. The Hall–Kier alpha value is -2.00. The number of benzene rings is 2. The van der Waals surface area contributed by atoms with Crippen LogP contribution in [0.2, 0.25) is 0 Å². The van der Waals surface area contributed by atoms with E-state index in [0.29, 0.717) is 17.2 Å². The third kappa shape index (κ3) is 2.95. The van der Waals surface area contributed by atoms with Crippen molar-refractivity contribution < 1.29 is 4.79 Å². The summed E-state index contributed by atoms with van der Waals surface area (Å²) in [7, 11) is 0. The Balaban J connectivity index is 0.00000176. The minimum absolute atomic E-state index is 0. The molecule has 22 heavy (non-hydrogen) atoms. The average Bonchev–Trinajstić information content (AvgIpc) is 2.90. The molecule has 0 radical (unpaired) electrons. The molecular formula is C18H21ClN2O. The van der Waals surface area contributed by atoms with E-state index in [4.69, 9.17) is 5.73 Å². The number of nitrogen functional groups attached to an aromatic ring is 1. The molecule has 2 atom stereocenters. The van der Waals surface area contributed by atoms with E-state index < -0.39 is 0 Å². The van der Waals surface area contributed by atoms with E-state index in [1.54, 1.807) is 12.1 Å². The van der Waals surface area contributed by atoms with Crippen LogP contribution < -0.4 is 5.73 Å². The molecule has 3 nitrogen and oxygen atoms in total. The molecule has 1 heterocycles. The van der Waals surface area contributed by atoms with Gasteiger partial charge in [-0.05, 0) is 31.0 Å². The van der Waals surface area contributed by atoms with Crippen LogP contribution in [-0.2, 0) is 0 Å². The standard InChI is InChI=1S/C18H20N2O.ClH/c1-13-15(14-7-3-2-4-8-14)11-12-20(13)18(21)16-9-5-6-10-17(16)19;/h2-10,13,15H,11-12,19H2,1H3;1H. The van der Waals surface area contributed by atoms with Crippen LogP contribution in [0.5, 0.6) is 0 Å². The van der Waals surface area contributed by atoms with Crippen LogP contribution in [0, 0.1) is 0 Å². The number of amides is 1. The summed E-state index contributed by atoms with van der Waals surface area (Å²) < 4.78 is 0. The van der Waals surface area contributed by atoms with E-state index in [0.717, 1.165) is 13.0 Å². The molecule has 1 aliphatic rings. The summed E-state index contributed by atoms with van der Waals surface area (Å²) in [6.07, 6.45) is 1.00. The lowest BCUT2D eigenvalue weighted by Crippen LogP contribution is -2.35. The van der Waals surface area contributed by atoms with Crippen molar-refractivity contribution in [3.63, 3.8) is 0 Å². The van der Waals surface area contributed by atoms with Crippen LogP contribution in [0.25, 0.3) is 0 Å².